The van der Waals surface area contributed by atoms with E-state index >= 15 is 0 Å². The molecular weight excluding hydrogens is 438 g/mol. The van der Waals surface area contributed by atoms with E-state index < -0.39 is 10.0 Å². The Kier molecular flexibility index (Phi) is 4.80. The largest absolute Gasteiger partial charge is 0.470 e. The van der Waals surface area contributed by atoms with Crippen LogP contribution in [0, 0.1) is 0 Å². The van der Waals surface area contributed by atoms with Crippen molar-refractivity contribution in [1.82, 2.24) is 15.0 Å². The first kappa shape index (κ1) is 20.4. The number of fused-ring (bicyclic) bond motifs is 1. The topological polar surface area (TPSA) is 120 Å². The van der Waals surface area contributed by atoms with Gasteiger partial charge < -0.3 is 10.1 Å². The summed E-state index contributed by atoms with van der Waals surface area (Å²) in [5.74, 6) is 1.35. The summed E-state index contributed by atoms with van der Waals surface area (Å²) in [5.41, 5.74) is 2.84. The standard InChI is InChI=1S/C21H22ClN5O3S/c1-21(6-7-21)30-19-18-17(5-4-16(25-18)13-2-3-13)26-20(27-19)24-11-12-8-14(22)10-15(9-12)31(23,28)29/h4-5,8-10,13H,2-3,6-7,11H2,1H3,(H2,23,28,29)(H,24,26,27). The van der Waals surface area contributed by atoms with Gasteiger partial charge in [-0.1, -0.05) is 11.6 Å². The quantitative estimate of drug-likeness (QED) is 0.552. The van der Waals surface area contributed by atoms with Gasteiger partial charge in [-0.3, -0.25) is 0 Å². The first-order valence-corrected chi connectivity index (χ1v) is 12.0. The first-order valence-electron chi connectivity index (χ1n) is 10.1. The second-order valence-corrected chi connectivity index (χ2v) is 10.5. The van der Waals surface area contributed by atoms with Crippen molar-refractivity contribution in [2.45, 2.75) is 55.6 Å². The average Bonchev–Trinajstić information content (AvgIpc) is 3.63. The van der Waals surface area contributed by atoms with Crippen LogP contribution in [0.2, 0.25) is 5.02 Å². The van der Waals surface area contributed by atoms with E-state index in [1.807, 2.05) is 12.1 Å². The molecule has 2 aliphatic carbocycles. The predicted molar refractivity (Wildman–Crippen MR) is 118 cm³/mol. The molecule has 2 saturated carbocycles. The van der Waals surface area contributed by atoms with Gasteiger partial charge >= 0.3 is 0 Å². The zero-order valence-corrected chi connectivity index (χ0v) is 18.5. The van der Waals surface area contributed by atoms with E-state index in [1.165, 1.54) is 12.1 Å². The summed E-state index contributed by atoms with van der Waals surface area (Å²) in [6, 6.07) is 8.41. The van der Waals surface area contributed by atoms with Crippen LogP contribution in [0.3, 0.4) is 0 Å². The number of hydrogen-bond donors (Lipinski definition) is 2. The van der Waals surface area contributed by atoms with Crippen molar-refractivity contribution in [2.24, 2.45) is 5.14 Å². The molecule has 2 aliphatic rings. The minimum absolute atomic E-state index is 0.0429. The number of pyridine rings is 1. The molecule has 0 unspecified atom stereocenters. The molecule has 2 aromatic heterocycles. The summed E-state index contributed by atoms with van der Waals surface area (Å²) in [6.45, 7) is 2.32. The fourth-order valence-corrected chi connectivity index (χ4v) is 4.27. The number of aromatic nitrogens is 3. The van der Waals surface area contributed by atoms with Crippen LogP contribution in [0.5, 0.6) is 5.88 Å². The molecule has 162 valence electrons. The van der Waals surface area contributed by atoms with Crippen LogP contribution in [0.15, 0.2) is 35.2 Å². The van der Waals surface area contributed by atoms with Crippen LogP contribution in [-0.2, 0) is 16.6 Å². The fourth-order valence-electron chi connectivity index (χ4n) is 3.34. The van der Waals surface area contributed by atoms with E-state index in [0.29, 0.717) is 34.3 Å². The van der Waals surface area contributed by atoms with Crippen molar-refractivity contribution in [2.75, 3.05) is 5.32 Å². The number of benzene rings is 1. The maximum atomic E-state index is 11.7. The Balaban J connectivity index is 1.46. The van der Waals surface area contributed by atoms with Gasteiger partial charge in [0.15, 0.2) is 5.52 Å². The normalized spacial score (nSPS) is 17.5. The second kappa shape index (κ2) is 7.29. The highest BCUT2D eigenvalue weighted by atomic mass is 35.5. The summed E-state index contributed by atoms with van der Waals surface area (Å²) >= 11 is 6.06. The van der Waals surface area contributed by atoms with Gasteiger partial charge in [0.2, 0.25) is 21.9 Å². The Morgan fingerprint density at radius 2 is 1.97 bits per heavy atom. The van der Waals surface area contributed by atoms with Crippen molar-refractivity contribution >= 4 is 38.6 Å². The Hall–Kier alpha value is -2.49. The van der Waals surface area contributed by atoms with Crippen LogP contribution in [0.1, 0.15) is 49.8 Å². The smallest absolute Gasteiger partial charge is 0.246 e. The van der Waals surface area contributed by atoms with Crippen molar-refractivity contribution in [3.05, 3.63) is 46.6 Å². The zero-order valence-electron chi connectivity index (χ0n) is 16.9. The molecule has 0 amide bonds. The fraction of sp³-hybridized carbons (Fsp3) is 0.381. The Morgan fingerprint density at radius 3 is 2.65 bits per heavy atom. The highest BCUT2D eigenvalue weighted by Gasteiger charge is 2.41. The van der Waals surface area contributed by atoms with Crippen molar-refractivity contribution in [1.29, 1.82) is 0 Å². The van der Waals surface area contributed by atoms with Crippen molar-refractivity contribution in [3.63, 3.8) is 0 Å². The monoisotopic (exact) mass is 459 g/mol. The Bertz CT molecular complexity index is 1290. The number of primary sulfonamides is 1. The average molecular weight is 460 g/mol. The molecule has 0 aliphatic heterocycles. The lowest BCUT2D eigenvalue weighted by Gasteiger charge is -2.15. The number of halogens is 1. The number of sulfonamides is 1. The SMILES string of the molecule is CC1(Oc2nc(NCc3cc(Cl)cc(S(N)(=O)=O)c3)nc3ccc(C4CC4)nc23)CC1. The maximum absolute atomic E-state index is 11.7. The summed E-state index contributed by atoms with van der Waals surface area (Å²) in [7, 11) is -3.86. The van der Waals surface area contributed by atoms with Crippen LogP contribution in [0.4, 0.5) is 5.95 Å². The molecule has 0 atom stereocenters. The van der Waals surface area contributed by atoms with E-state index in [0.717, 1.165) is 31.4 Å². The van der Waals surface area contributed by atoms with E-state index in [-0.39, 0.29) is 22.1 Å². The van der Waals surface area contributed by atoms with Gasteiger partial charge in [0, 0.05) is 23.2 Å². The van der Waals surface area contributed by atoms with E-state index in [9.17, 15) is 8.42 Å². The van der Waals surface area contributed by atoms with Crippen LogP contribution in [0.25, 0.3) is 11.0 Å². The minimum atomic E-state index is -3.86. The number of hydrogen-bond acceptors (Lipinski definition) is 7. The van der Waals surface area contributed by atoms with Crippen molar-refractivity contribution < 1.29 is 13.2 Å². The predicted octanol–water partition coefficient (Wildman–Crippen LogP) is 3.75. The number of rotatable bonds is 7. The van der Waals surface area contributed by atoms with Crippen LogP contribution >= 0.6 is 11.6 Å². The third-order valence-electron chi connectivity index (χ3n) is 5.53. The molecule has 3 aromatic rings. The molecule has 3 N–H and O–H groups in total. The van der Waals surface area contributed by atoms with Gasteiger partial charge in [0.25, 0.3) is 0 Å². The molecule has 5 rings (SSSR count). The van der Waals surface area contributed by atoms with Crippen LogP contribution < -0.4 is 15.2 Å². The lowest BCUT2D eigenvalue weighted by Crippen LogP contribution is -2.15. The lowest BCUT2D eigenvalue weighted by atomic mass is 10.2. The highest BCUT2D eigenvalue weighted by Crippen LogP contribution is 2.42. The molecule has 0 radical (unpaired) electrons. The zero-order chi connectivity index (χ0) is 21.8. The highest BCUT2D eigenvalue weighted by molar-refractivity contribution is 7.89. The molecule has 0 bridgehead atoms. The van der Waals surface area contributed by atoms with E-state index in [4.69, 9.17) is 26.5 Å². The molecule has 10 heteroatoms. The van der Waals surface area contributed by atoms with E-state index in [2.05, 4.69) is 22.2 Å². The van der Waals surface area contributed by atoms with Gasteiger partial charge in [-0.15, -0.1) is 0 Å². The lowest BCUT2D eigenvalue weighted by molar-refractivity contribution is 0.194. The van der Waals surface area contributed by atoms with E-state index in [1.54, 1.807) is 6.07 Å². The molecule has 2 heterocycles. The molecule has 0 saturated heterocycles. The van der Waals surface area contributed by atoms with Crippen LogP contribution in [-0.4, -0.2) is 29.0 Å². The summed E-state index contributed by atoms with van der Waals surface area (Å²) < 4.78 is 29.5. The van der Waals surface area contributed by atoms with Gasteiger partial charge in [-0.2, -0.15) is 4.98 Å². The Morgan fingerprint density at radius 1 is 1.19 bits per heavy atom. The molecular formula is C21H22ClN5O3S. The summed E-state index contributed by atoms with van der Waals surface area (Å²) in [5, 5.41) is 8.64. The first-order chi connectivity index (χ1) is 14.7. The number of nitrogens with two attached hydrogens (primary N) is 1. The number of anilines is 1. The molecule has 1 aromatic carbocycles. The number of ether oxygens (including phenoxy) is 1. The maximum Gasteiger partial charge on any atom is 0.246 e. The third-order valence-corrected chi connectivity index (χ3v) is 6.65. The Labute approximate surface area is 185 Å². The summed E-state index contributed by atoms with van der Waals surface area (Å²) in [4.78, 5) is 13.9. The van der Waals surface area contributed by atoms with Gasteiger partial charge in [-0.05, 0) is 68.5 Å². The third kappa shape index (κ3) is 4.58. The van der Waals surface area contributed by atoms with Gasteiger partial charge in [0.1, 0.15) is 5.60 Å². The number of nitrogens with one attached hydrogen (secondary N) is 1. The molecule has 31 heavy (non-hydrogen) atoms. The molecule has 8 nitrogen and oxygen atoms in total. The van der Waals surface area contributed by atoms with Gasteiger partial charge in [-0.25, -0.2) is 23.5 Å². The molecule has 2 fully saturated rings. The van der Waals surface area contributed by atoms with Gasteiger partial charge in [0.05, 0.1) is 10.4 Å². The molecule has 0 spiro atoms. The summed E-state index contributed by atoms with van der Waals surface area (Å²) in [6.07, 6.45) is 4.27. The number of nitrogens with zero attached hydrogens (tertiary/aromatic N) is 3. The van der Waals surface area contributed by atoms with Crippen molar-refractivity contribution in [3.8, 4) is 5.88 Å². The minimum Gasteiger partial charge on any atom is -0.470 e. The second-order valence-electron chi connectivity index (χ2n) is 8.48.